The van der Waals surface area contributed by atoms with Gasteiger partial charge in [0.25, 0.3) is 5.91 Å². The van der Waals surface area contributed by atoms with Gasteiger partial charge in [-0.05, 0) is 51.1 Å². The van der Waals surface area contributed by atoms with Crippen LogP contribution in [0, 0.1) is 0 Å². The highest BCUT2D eigenvalue weighted by Crippen LogP contribution is 2.23. The molecule has 0 aliphatic carbocycles. The predicted molar refractivity (Wildman–Crippen MR) is 102 cm³/mol. The van der Waals surface area contributed by atoms with Gasteiger partial charge >= 0.3 is 0 Å². The van der Waals surface area contributed by atoms with Gasteiger partial charge in [-0.2, -0.15) is 0 Å². The standard InChI is InChI=1S/C21H23N3O2/c1-21(2,3)26-19-7-5-4-6-17(19)14-23-20(25)16-8-10-18(11-9-16)24-13-12-22-15-24/h4-13,15H,14H2,1-3H3,(H,23,25). The summed E-state index contributed by atoms with van der Waals surface area (Å²) in [7, 11) is 0. The zero-order chi connectivity index (χ0) is 18.6. The van der Waals surface area contributed by atoms with Crippen molar-refractivity contribution in [3.63, 3.8) is 0 Å². The second-order valence-corrected chi connectivity index (χ2v) is 7.02. The molecule has 2 aromatic carbocycles. The molecule has 0 aliphatic heterocycles. The van der Waals surface area contributed by atoms with Crippen LogP contribution in [0.15, 0.2) is 67.3 Å². The first-order valence-electron chi connectivity index (χ1n) is 8.56. The molecule has 0 bridgehead atoms. The number of ether oxygens (including phenoxy) is 1. The molecule has 5 heteroatoms. The number of hydrogen-bond donors (Lipinski definition) is 1. The number of para-hydroxylation sites is 1. The van der Waals surface area contributed by atoms with Crippen molar-refractivity contribution < 1.29 is 9.53 Å². The number of rotatable bonds is 5. The molecule has 1 aromatic heterocycles. The predicted octanol–water partition coefficient (Wildman–Crippen LogP) is 3.98. The summed E-state index contributed by atoms with van der Waals surface area (Å²) in [5.41, 5.74) is 2.24. The van der Waals surface area contributed by atoms with Crippen LogP contribution in [0.2, 0.25) is 0 Å². The number of nitrogens with one attached hydrogen (secondary N) is 1. The van der Waals surface area contributed by atoms with Crippen molar-refractivity contribution in [2.45, 2.75) is 32.9 Å². The fourth-order valence-corrected chi connectivity index (χ4v) is 2.55. The van der Waals surface area contributed by atoms with Crippen molar-refractivity contribution >= 4 is 5.91 Å². The van der Waals surface area contributed by atoms with Crippen LogP contribution in [0.5, 0.6) is 5.75 Å². The van der Waals surface area contributed by atoms with Crippen LogP contribution in [0.3, 0.4) is 0 Å². The number of hydrogen-bond acceptors (Lipinski definition) is 3. The second kappa shape index (κ2) is 7.44. The first-order chi connectivity index (χ1) is 12.4. The molecule has 0 aliphatic rings. The average molecular weight is 349 g/mol. The summed E-state index contributed by atoms with van der Waals surface area (Å²) >= 11 is 0. The smallest absolute Gasteiger partial charge is 0.251 e. The van der Waals surface area contributed by atoms with Gasteiger partial charge in [0.1, 0.15) is 11.4 Å². The SMILES string of the molecule is CC(C)(C)Oc1ccccc1CNC(=O)c1ccc(-n2ccnc2)cc1. The first kappa shape index (κ1) is 17.7. The van der Waals surface area contributed by atoms with Crippen molar-refractivity contribution in [2.75, 3.05) is 0 Å². The van der Waals surface area contributed by atoms with Gasteiger partial charge < -0.3 is 14.6 Å². The number of carbonyl (C=O) groups is 1. The van der Waals surface area contributed by atoms with Gasteiger partial charge in [-0.15, -0.1) is 0 Å². The Balaban J connectivity index is 1.66. The minimum atomic E-state index is -0.288. The highest BCUT2D eigenvalue weighted by Gasteiger charge is 2.15. The molecular weight excluding hydrogens is 326 g/mol. The fraction of sp³-hybridized carbons (Fsp3) is 0.238. The van der Waals surface area contributed by atoms with Crippen LogP contribution < -0.4 is 10.1 Å². The molecule has 5 nitrogen and oxygen atoms in total. The van der Waals surface area contributed by atoms with Crippen LogP contribution in [-0.4, -0.2) is 21.1 Å². The largest absolute Gasteiger partial charge is 0.488 e. The third-order valence-corrected chi connectivity index (χ3v) is 3.76. The highest BCUT2D eigenvalue weighted by atomic mass is 16.5. The van der Waals surface area contributed by atoms with Crippen molar-refractivity contribution in [2.24, 2.45) is 0 Å². The summed E-state index contributed by atoms with van der Waals surface area (Å²) in [6.07, 6.45) is 5.31. The van der Waals surface area contributed by atoms with Crippen molar-refractivity contribution in [1.29, 1.82) is 0 Å². The number of carbonyl (C=O) groups excluding carboxylic acids is 1. The third-order valence-electron chi connectivity index (χ3n) is 3.76. The average Bonchev–Trinajstić information content (AvgIpc) is 3.14. The van der Waals surface area contributed by atoms with E-state index in [0.29, 0.717) is 12.1 Å². The van der Waals surface area contributed by atoms with Gasteiger partial charge in [0.2, 0.25) is 0 Å². The molecule has 0 radical (unpaired) electrons. The van der Waals surface area contributed by atoms with Gasteiger partial charge in [-0.3, -0.25) is 4.79 Å². The lowest BCUT2D eigenvalue weighted by molar-refractivity contribution is 0.0949. The van der Waals surface area contributed by atoms with Crippen LogP contribution in [0.4, 0.5) is 0 Å². The Bertz CT molecular complexity index is 863. The molecule has 1 amide bonds. The Hall–Kier alpha value is -3.08. The van der Waals surface area contributed by atoms with Crippen molar-refractivity contribution in [1.82, 2.24) is 14.9 Å². The van der Waals surface area contributed by atoms with Gasteiger partial charge in [0.15, 0.2) is 0 Å². The molecule has 1 N–H and O–H groups in total. The van der Waals surface area contributed by atoms with E-state index < -0.39 is 0 Å². The summed E-state index contributed by atoms with van der Waals surface area (Å²) in [6.45, 7) is 6.42. The molecule has 0 saturated carbocycles. The third kappa shape index (κ3) is 4.51. The van der Waals surface area contributed by atoms with E-state index in [9.17, 15) is 4.79 Å². The van der Waals surface area contributed by atoms with Crippen LogP contribution in [0.1, 0.15) is 36.7 Å². The Kier molecular flexibility index (Phi) is 5.07. The molecule has 3 rings (SSSR count). The Morgan fingerprint density at radius 2 is 1.85 bits per heavy atom. The van der Waals surface area contributed by atoms with E-state index in [4.69, 9.17) is 4.74 Å². The Morgan fingerprint density at radius 3 is 2.50 bits per heavy atom. The van der Waals surface area contributed by atoms with Gasteiger partial charge in [0.05, 0.1) is 6.33 Å². The number of imidazole rings is 1. The van der Waals surface area contributed by atoms with Crippen LogP contribution in [0.25, 0.3) is 5.69 Å². The Morgan fingerprint density at radius 1 is 1.12 bits per heavy atom. The maximum Gasteiger partial charge on any atom is 0.251 e. The normalized spacial score (nSPS) is 11.2. The summed E-state index contributed by atoms with van der Waals surface area (Å²) in [6, 6.07) is 15.2. The number of benzene rings is 2. The summed E-state index contributed by atoms with van der Waals surface area (Å²) in [5.74, 6) is 0.670. The topological polar surface area (TPSA) is 56.1 Å². The molecule has 134 valence electrons. The molecule has 0 fully saturated rings. The van der Waals surface area contributed by atoms with Crippen LogP contribution >= 0.6 is 0 Å². The van der Waals surface area contributed by atoms with Gasteiger partial charge in [0, 0.05) is 35.8 Å². The van der Waals surface area contributed by atoms with Crippen molar-refractivity contribution in [3.05, 3.63) is 78.4 Å². The molecule has 0 unspecified atom stereocenters. The summed E-state index contributed by atoms with van der Waals surface area (Å²) < 4.78 is 7.86. The van der Waals surface area contributed by atoms with E-state index in [1.165, 1.54) is 0 Å². The monoisotopic (exact) mass is 349 g/mol. The summed E-state index contributed by atoms with van der Waals surface area (Å²) in [4.78, 5) is 16.5. The first-order valence-corrected chi connectivity index (χ1v) is 8.56. The maximum absolute atomic E-state index is 12.4. The molecule has 0 atom stereocenters. The van der Waals surface area contributed by atoms with E-state index in [1.54, 1.807) is 12.5 Å². The minimum absolute atomic E-state index is 0.118. The van der Waals surface area contributed by atoms with E-state index in [-0.39, 0.29) is 11.5 Å². The lowest BCUT2D eigenvalue weighted by atomic mass is 10.1. The van der Waals surface area contributed by atoms with E-state index in [0.717, 1.165) is 17.0 Å². The zero-order valence-electron chi connectivity index (χ0n) is 15.3. The summed E-state index contributed by atoms with van der Waals surface area (Å²) in [5, 5.41) is 2.96. The number of aromatic nitrogens is 2. The lowest BCUT2D eigenvalue weighted by Crippen LogP contribution is -2.26. The van der Waals surface area contributed by atoms with Crippen molar-refractivity contribution in [3.8, 4) is 11.4 Å². The minimum Gasteiger partial charge on any atom is -0.488 e. The molecular formula is C21H23N3O2. The van der Waals surface area contributed by atoms with E-state index in [1.807, 2.05) is 80.1 Å². The van der Waals surface area contributed by atoms with Gasteiger partial charge in [-0.25, -0.2) is 4.98 Å². The molecule has 0 saturated heterocycles. The Labute approximate surface area is 153 Å². The van der Waals surface area contributed by atoms with E-state index in [2.05, 4.69) is 10.3 Å². The van der Waals surface area contributed by atoms with E-state index >= 15 is 0 Å². The molecule has 0 spiro atoms. The lowest BCUT2D eigenvalue weighted by Gasteiger charge is -2.23. The maximum atomic E-state index is 12.4. The zero-order valence-corrected chi connectivity index (χ0v) is 15.3. The number of nitrogens with zero attached hydrogens (tertiary/aromatic N) is 2. The van der Waals surface area contributed by atoms with Gasteiger partial charge in [-0.1, -0.05) is 18.2 Å². The highest BCUT2D eigenvalue weighted by molar-refractivity contribution is 5.94. The van der Waals surface area contributed by atoms with Crippen LogP contribution in [-0.2, 0) is 6.54 Å². The fourth-order valence-electron chi connectivity index (χ4n) is 2.55. The second-order valence-electron chi connectivity index (χ2n) is 7.02. The molecule has 26 heavy (non-hydrogen) atoms. The molecule has 1 heterocycles. The number of amides is 1. The quantitative estimate of drug-likeness (QED) is 0.758. The molecule has 3 aromatic rings.